The average Bonchev–Trinajstić information content (AvgIpc) is 2.20. The van der Waals surface area contributed by atoms with E-state index < -0.39 is 0 Å². The van der Waals surface area contributed by atoms with Gasteiger partial charge in [0.2, 0.25) is 0 Å². The first-order valence-corrected chi connectivity index (χ1v) is 5.60. The van der Waals surface area contributed by atoms with Crippen molar-refractivity contribution in [1.29, 1.82) is 0 Å². The number of hydrogen-bond donors (Lipinski definition) is 0. The van der Waals surface area contributed by atoms with Crippen LogP contribution in [0.15, 0.2) is 24.3 Å². The van der Waals surface area contributed by atoms with E-state index in [4.69, 9.17) is 0 Å². The topological polar surface area (TPSA) is 17.1 Å². The van der Waals surface area contributed by atoms with Crippen LogP contribution in [0.1, 0.15) is 31.9 Å². The number of Topliss-reactive ketones (excluding diaryl/α,β-unsaturated/α-hetero) is 1. The molecule has 82 valence electrons. The van der Waals surface area contributed by atoms with E-state index in [1.54, 1.807) is 0 Å². The van der Waals surface area contributed by atoms with Gasteiger partial charge in [-0.1, -0.05) is 50.6 Å². The minimum atomic E-state index is 0.132. The predicted molar refractivity (Wildman–Crippen MR) is 63.9 cm³/mol. The summed E-state index contributed by atoms with van der Waals surface area (Å²) in [7, 11) is 0. The zero-order valence-corrected chi connectivity index (χ0v) is 10.1. The summed E-state index contributed by atoms with van der Waals surface area (Å²) >= 11 is 0. The van der Waals surface area contributed by atoms with Gasteiger partial charge < -0.3 is 0 Å². The molecule has 1 heteroatoms. The van der Waals surface area contributed by atoms with Gasteiger partial charge in [-0.3, -0.25) is 4.79 Å². The third-order valence-electron chi connectivity index (χ3n) is 2.72. The van der Waals surface area contributed by atoms with Crippen molar-refractivity contribution in [2.75, 3.05) is 0 Å². The fourth-order valence-electron chi connectivity index (χ4n) is 1.75. The first kappa shape index (κ1) is 12.0. The van der Waals surface area contributed by atoms with E-state index in [-0.39, 0.29) is 11.8 Å². The summed E-state index contributed by atoms with van der Waals surface area (Å²) in [4.78, 5) is 11.7. The summed E-state index contributed by atoms with van der Waals surface area (Å²) in [6.45, 7) is 8.02. The standard InChI is InChI=1S/C14H20O/c1-10(2)14(15)12(4)9-13-7-5-11(3)6-8-13/h5-8,10,12H,9H2,1-4H3. The van der Waals surface area contributed by atoms with Gasteiger partial charge in [-0.25, -0.2) is 0 Å². The Morgan fingerprint density at radius 1 is 1.13 bits per heavy atom. The molecule has 1 nitrogen and oxygen atoms in total. The molecule has 0 saturated carbocycles. The smallest absolute Gasteiger partial charge is 0.138 e. The van der Waals surface area contributed by atoms with E-state index in [1.165, 1.54) is 11.1 Å². The molecule has 1 aromatic carbocycles. The van der Waals surface area contributed by atoms with Gasteiger partial charge in [0, 0.05) is 11.8 Å². The number of aryl methyl sites for hydroxylation is 1. The van der Waals surface area contributed by atoms with Crippen LogP contribution in [0.25, 0.3) is 0 Å². The van der Waals surface area contributed by atoms with Crippen LogP contribution in [0, 0.1) is 18.8 Å². The Balaban J connectivity index is 2.62. The third kappa shape index (κ3) is 3.50. The summed E-state index contributed by atoms with van der Waals surface area (Å²) in [6.07, 6.45) is 0.858. The van der Waals surface area contributed by atoms with Gasteiger partial charge >= 0.3 is 0 Å². The molecule has 0 aliphatic heterocycles. The Kier molecular flexibility index (Phi) is 4.07. The number of carbonyl (C=O) groups is 1. The number of benzene rings is 1. The van der Waals surface area contributed by atoms with Gasteiger partial charge in [0.25, 0.3) is 0 Å². The van der Waals surface area contributed by atoms with E-state index in [1.807, 2.05) is 20.8 Å². The highest BCUT2D eigenvalue weighted by Gasteiger charge is 2.16. The second-order valence-corrected chi connectivity index (χ2v) is 4.65. The van der Waals surface area contributed by atoms with Crippen LogP contribution in [-0.4, -0.2) is 5.78 Å². The minimum Gasteiger partial charge on any atom is -0.299 e. The molecule has 15 heavy (non-hydrogen) atoms. The minimum absolute atomic E-state index is 0.132. The van der Waals surface area contributed by atoms with Crippen LogP contribution in [0.3, 0.4) is 0 Å². The van der Waals surface area contributed by atoms with Crippen LogP contribution in [-0.2, 0) is 11.2 Å². The van der Waals surface area contributed by atoms with Crippen LogP contribution < -0.4 is 0 Å². The second kappa shape index (κ2) is 5.11. The largest absolute Gasteiger partial charge is 0.299 e. The van der Waals surface area contributed by atoms with Crippen LogP contribution >= 0.6 is 0 Å². The number of carbonyl (C=O) groups excluding carboxylic acids is 1. The van der Waals surface area contributed by atoms with E-state index in [2.05, 4.69) is 31.2 Å². The lowest BCUT2D eigenvalue weighted by molar-refractivity contribution is -0.125. The van der Waals surface area contributed by atoms with Crippen molar-refractivity contribution < 1.29 is 4.79 Å². The molecule has 0 radical (unpaired) electrons. The molecule has 0 aliphatic carbocycles. The van der Waals surface area contributed by atoms with Gasteiger partial charge in [0.1, 0.15) is 5.78 Å². The molecule has 1 aromatic rings. The van der Waals surface area contributed by atoms with Crippen molar-refractivity contribution in [3.05, 3.63) is 35.4 Å². The van der Waals surface area contributed by atoms with Crippen molar-refractivity contribution in [1.82, 2.24) is 0 Å². The van der Waals surface area contributed by atoms with Crippen molar-refractivity contribution >= 4 is 5.78 Å². The zero-order valence-electron chi connectivity index (χ0n) is 10.1. The lowest BCUT2D eigenvalue weighted by atomic mass is 9.91. The first-order valence-electron chi connectivity index (χ1n) is 5.60. The monoisotopic (exact) mass is 204 g/mol. The quantitative estimate of drug-likeness (QED) is 0.734. The Labute approximate surface area is 92.5 Å². The third-order valence-corrected chi connectivity index (χ3v) is 2.72. The zero-order chi connectivity index (χ0) is 11.4. The van der Waals surface area contributed by atoms with Gasteiger partial charge in [0.05, 0.1) is 0 Å². The normalized spacial score (nSPS) is 12.9. The van der Waals surface area contributed by atoms with Gasteiger partial charge in [-0.2, -0.15) is 0 Å². The molecule has 0 aliphatic rings. The number of hydrogen-bond acceptors (Lipinski definition) is 1. The van der Waals surface area contributed by atoms with Crippen LogP contribution in [0.2, 0.25) is 0 Å². The Morgan fingerprint density at radius 2 is 1.67 bits per heavy atom. The highest BCUT2D eigenvalue weighted by Crippen LogP contribution is 2.14. The van der Waals surface area contributed by atoms with Crippen molar-refractivity contribution in [3.63, 3.8) is 0 Å². The molecular weight excluding hydrogens is 184 g/mol. The molecule has 0 amide bonds. The maximum atomic E-state index is 11.7. The summed E-state index contributed by atoms with van der Waals surface area (Å²) < 4.78 is 0. The summed E-state index contributed by atoms with van der Waals surface area (Å²) in [5.74, 6) is 0.633. The van der Waals surface area contributed by atoms with Gasteiger partial charge in [-0.15, -0.1) is 0 Å². The molecule has 1 atom stereocenters. The lowest BCUT2D eigenvalue weighted by Crippen LogP contribution is -2.18. The SMILES string of the molecule is Cc1ccc(CC(C)C(=O)C(C)C)cc1. The predicted octanol–water partition coefficient (Wildman–Crippen LogP) is 3.40. The molecule has 1 rings (SSSR count). The van der Waals surface area contributed by atoms with E-state index in [0.29, 0.717) is 5.78 Å². The molecule has 0 fully saturated rings. The average molecular weight is 204 g/mol. The molecule has 0 bridgehead atoms. The van der Waals surface area contributed by atoms with E-state index in [0.717, 1.165) is 6.42 Å². The molecule has 0 aromatic heterocycles. The molecule has 1 unspecified atom stereocenters. The summed E-state index contributed by atoms with van der Waals surface area (Å²) in [5, 5.41) is 0. The number of rotatable bonds is 4. The molecule has 0 heterocycles. The van der Waals surface area contributed by atoms with Gasteiger partial charge in [0.15, 0.2) is 0 Å². The first-order chi connectivity index (χ1) is 7.00. The maximum Gasteiger partial charge on any atom is 0.138 e. The fraction of sp³-hybridized carbons (Fsp3) is 0.500. The highest BCUT2D eigenvalue weighted by molar-refractivity contribution is 5.82. The second-order valence-electron chi connectivity index (χ2n) is 4.65. The molecule has 0 saturated heterocycles. The van der Waals surface area contributed by atoms with E-state index in [9.17, 15) is 4.79 Å². The Bertz CT molecular complexity index is 322. The Morgan fingerprint density at radius 3 is 2.13 bits per heavy atom. The van der Waals surface area contributed by atoms with Crippen LogP contribution in [0.4, 0.5) is 0 Å². The highest BCUT2D eigenvalue weighted by atomic mass is 16.1. The number of ketones is 1. The Hall–Kier alpha value is -1.11. The molecular formula is C14H20O. The molecule has 0 N–H and O–H groups in total. The maximum absolute atomic E-state index is 11.7. The fourth-order valence-corrected chi connectivity index (χ4v) is 1.75. The van der Waals surface area contributed by atoms with Crippen molar-refractivity contribution in [3.8, 4) is 0 Å². The lowest BCUT2D eigenvalue weighted by Gasteiger charge is -2.12. The van der Waals surface area contributed by atoms with Crippen molar-refractivity contribution in [2.45, 2.75) is 34.1 Å². The summed E-state index contributed by atoms with van der Waals surface area (Å²) in [5.41, 5.74) is 2.52. The summed E-state index contributed by atoms with van der Waals surface area (Å²) in [6, 6.07) is 8.42. The van der Waals surface area contributed by atoms with Crippen LogP contribution in [0.5, 0.6) is 0 Å². The van der Waals surface area contributed by atoms with Crippen molar-refractivity contribution in [2.24, 2.45) is 11.8 Å². The van der Waals surface area contributed by atoms with E-state index >= 15 is 0 Å². The molecule has 0 spiro atoms. The van der Waals surface area contributed by atoms with Gasteiger partial charge in [-0.05, 0) is 18.9 Å².